The molecule has 0 aliphatic carbocycles. The number of nitrogens with one attached hydrogen (secondary N) is 1. The van der Waals surface area contributed by atoms with Crippen molar-refractivity contribution in [1.29, 1.82) is 0 Å². The molecule has 4 rings (SSSR count). The van der Waals surface area contributed by atoms with Crippen LogP contribution < -0.4 is 5.32 Å². The molecular formula is C24H31N3O2S. The van der Waals surface area contributed by atoms with Crippen molar-refractivity contribution in [2.45, 2.75) is 44.7 Å². The number of rotatable bonds is 7. The fraction of sp³-hybridized carbons (Fsp3) is 0.500. The average molecular weight is 426 g/mol. The minimum atomic E-state index is 0.147. The largest absolute Gasteiger partial charge is 0.352 e. The summed E-state index contributed by atoms with van der Waals surface area (Å²) >= 11 is 1.56. The summed E-state index contributed by atoms with van der Waals surface area (Å²) in [4.78, 5) is 29.2. The minimum Gasteiger partial charge on any atom is -0.352 e. The van der Waals surface area contributed by atoms with Crippen molar-refractivity contribution in [2.75, 3.05) is 26.2 Å². The number of thiophene rings is 1. The molecule has 2 amide bonds. The summed E-state index contributed by atoms with van der Waals surface area (Å²) in [6.07, 6.45) is 4.54. The summed E-state index contributed by atoms with van der Waals surface area (Å²) < 4.78 is 0. The highest BCUT2D eigenvalue weighted by Crippen LogP contribution is 2.24. The van der Waals surface area contributed by atoms with Gasteiger partial charge in [0.05, 0.1) is 5.56 Å². The summed E-state index contributed by atoms with van der Waals surface area (Å²) in [6.45, 7) is 4.53. The summed E-state index contributed by atoms with van der Waals surface area (Å²) in [7, 11) is 0. The summed E-state index contributed by atoms with van der Waals surface area (Å²) in [6, 6.07) is 12.7. The lowest BCUT2D eigenvalue weighted by Gasteiger charge is -2.32. The number of amides is 2. The van der Waals surface area contributed by atoms with Gasteiger partial charge in [-0.15, -0.1) is 0 Å². The van der Waals surface area contributed by atoms with Crippen LogP contribution in [-0.2, 0) is 11.3 Å². The highest BCUT2D eigenvalue weighted by molar-refractivity contribution is 7.08. The third kappa shape index (κ3) is 5.70. The lowest BCUT2D eigenvalue weighted by Crippen LogP contribution is -2.39. The lowest BCUT2D eigenvalue weighted by atomic mass is 9.91. The summed E-state index contributed by atoms with van der Waals surface area (Å²) in [5, 5.41) is 7.10. The molecule has 2 aliphatic heterocycles. The Kier molecular flexibility index (Phi) is 7.18. The van der Waals surface area contributed by atoms with E-state index < -0.39 is 0 Å². The summed E-state index contributed by atoms with van der Waals surface area (Å²) in [5.74, 6) is 0.868. The highest BCUT2D eigenvalue weighted by Gasteiger charge is 2.26. The molecule has 6 heteroatoms. The van der Waals surface area contributed by atoms with E-state index in [9.17, 15) is 9.59 Å². The third-order valence-corrected chi connectivity index (χ3v) is 7.02. The van der Waals surface area contributed by atoms with Gasteiger partial charge in [-0.1, -0.05) is 30.3 Å². The van der Waals surface area contributed by atoms with Crippen LogP contribution in [0.5, 0.6) is 0 Å². The Hall–Kier alpha value is -2.18. The van der Waals surface area contributed by atoms with Gasteiger partial charge in [0.25, 0.3) is 5.91 Å². The molecule has 0 saturated carbocycles. The monoisotopic (exact) mass is 425 g/mol. The fourth-order valence-corrected chi connectivity index (χ4v) is 5.19. The standard InChI is InChI=1S/C24H31N3O2S/c28-23(25-22-10-12-26(17-22)16-20-4-2-1-3-5-20)7-6-19-8-13-27(14-9-19)24(29)21-11-15-30-18-21/h1-5,11,15,18-19,22H,6-10,12-14,16-17H2,(H,25,28). The number of carbonyl (C=O) groups excluding carboxylic acids is 2. The molecule has 160 valence electrons. The molecule has 0 bridgehead atoms. The predicted octanol–water partition coefficient (Wildman–Crippen LogP) is 3.77. The van der Waals surface area contributed by atoms with E-state index in [1.54, 1.807) is 11.3 Å². The number of hydrogen-bond donors (Lipinski definition) is 1. The maximum absolute atomic E-state index is 12.4. The van der Waals surface area contributed by atoms with Crippen LogP contribution in [0.4, 0.5) is 0 Å². The van der Waals surface area contributed by atoms with E-state index in [-0.39, 0.29) is 17.9 Å². The number of likely N-dealkylation sites (tertiary alicyclic amines) is 2. The van der Waals surface area contributed by atoms with Gasteiger partial charge in [0.15, 0.2) is 0 Å². The quantitative estimate of drug-likeness (QED) is 0.735. The van der Waals surface area contributed by atoms with Gasteiger partial charge in [-0.05, 0) is 48.6 Å². The first kappa shape index (κ1) is 21.1. The first-order valence-electron chi connectivity index (χ1n) is 11.0. The molecule has 1 aromatic heterocycles. The molecule has 2 aromatic rings. The topological polar surface area (TPSA) is 52.7 Å². The molecule has 0 spiro atoms. The first-order valence-corrected chi connectivity index (χ1v) is 12.0. The number of benzene rings is 1. The van der Waals surface area contributed by atoms with E-state index >= 15 is 0 Å². The van der Waals surface area contributed by atoms with Crippen LogP contribution in [0.1, 0.15) is 48.0 Å². The minimum absolute atomic E-state index is 0.147. The van der Waals surface area contributed by atoms with Gasteiger partial charge in [0, 0.05) is 50.6 Å². The molecular weight excluding hydrogens is 394 g/mol. The van der Waals surface area contributed by atoms with Gasteiger partial charge in [0.2, 0.25) is 5.91 Å². The predicted molar refractivity (Wildman–Crippen MR) is 120 cm³/mol. The van der Waals surface area contributed by atoms with Crippen LogP contribution in [0.3, 0.4) is 0 Å². The Balaban J connectivity index is 1.13. The maximum Gasteiger partial charge on any atom is 0.254 e. The second kappa shape index (κ2) is 10.2. The number of hydrogen-bond acceptors (Lipinski definition) is 4. The highest BCUT2D eigenvalue weighted by atomic mass is 32.1. The lowest BCUT2D eigenvalue weighted by molar-refractivity contribution is -0.122. The van der Waals surface area contributed by atoms with E-state index in [1.165, 1.54) is 5.56 Å². The van der Waals surface area contributed by atoms with Crippen molar-refractivity contribution in [3.8, 4) is 0 Å². The Bertz CT molecular complexity index is 816. The first-order chi connectivity index (χ1) is 14.7. The van der Waals surface area contributed by atoms with Crippen molar-refractivity contribution in [2.24, 2.45) is 5.92 Å². The molecule has 1 aromatic carbocycles. The normalized spacial score (nSPS) is 20.4. The van der Waals surface area contributed by atoms with Crippen LogP contribution in [-0.4, -0.2) is 53.8 Å². The number of piperidine rings is 1. The van der Waals surface area contributed by atoms with Gasteiger partial charge >= 0.3 is 0 Å². The molecule has 30 heavy (non-hydrogen) atoms. The van der Waals surface area contributed by atoms with Crippen LogP contribution in [0, 0.1) is 5.92 Å². The second-order valence-corrected chi connectivity index (χ2v) is 9.34. The average Bonchev–Trinajstić information content (AvgIpc) is 3.45. The zero-order chi connectivity index (χ0) is 20.8. The van der Waals surface area contributed by atoms with Gasteiger partial charge < -0.3 is 10.2 Å². The second-order valence-electron chi connectivity index (χ2n) is 8.56. The van der Waals surface area contributed by atoms with Gasteiger partial charge in [-0.3, -0.25) is 14.5 Å². The van der Waals surface area contributed by atoms with Crippen molar-refractivity contribution in [3.05, 3.63) is 58.3 Å². The van der Waals surface area contributed by atoms with E-state index in [2.05, 4.69) is 34.5 Å². The number of carbonyl (C=O) groups is 2. The molecule has 2 saturated heterocycles. The van der Waals surface area contributed by atoms with Crippen LogP contribution >= 0.6 is 11.3 Å². The van der Waals surface area contributed by atoms with Gasteiger partial charge in [-0.25, -0.2) is 0 Å². The van der Waals surface area contributed by atoms with Crippen LogP contribution in [0.15, 0.2) is 47.2 Å². The zero-order valence-corrected chi connectivity index (χ0v) is 18.3. The molecule has 0 radical (unpaired) electrons. The smallest absolute Gasteiger partial charge is 0.254 e. The third-order valence-electron chi connectivity index (χ3n) is 6.34. The van der Waals surface area contributed by atoms with E-state index in [0.717, 1.165) is 64.0 Å². The molecule has 1 atom stereocenters. The molecule has 1 N–H and O–H groups in total. The van der Waals surface area contributed by atoms with Gasteiger partial charge in [0.1, 0.15) is 0 Å². The molecule has 1 unspecified atom stereocenters. The van der Waals surface area contributed by atoms with E-state index in [0.29, 0.717) is 12.3 Å². The SMILES string of the molecule is O=C(CCC1CCN(C(=O)c2ccsc2)CC1)NC1CCN(Cc2ccccc2)C1. The Labute approximate surface area is 183 Å². The zero-order valence-electron chi connectivity index (χ0n) is 17.5. The maximum atomic E-state index is 12.4. The van der Waals surface area contributed by atoms with Crippen molar-refractivity contribution in [1.82, 2.24) is 15.1 Å². The van der Waals surface area contributed by atoms with Gasteiger partial charge in [-0.2, -0.15) is 11.3 Å². The van der Waals surface area contributed by atoms with Crippen LogP contribution in [0.25, 0.3) is 0 Å². The molecule has 2 aliphatic rings. The molecule has 2 fully saturated rings. The van der Waals surface area contributed by atoms with E-state index in [4.69, 9.17) is 0 Å². The summed E-state index contributed by atoms with van der Waals surface area (Å²) in [5.41, 5.74) is 2.13. The van der Waals surface area contributed by atoms with Crippen molar-refractivity contribution in [3.63, 3.8) is 0 Å². The Morgan fingerprint density at radius 3 is 2.57 bits per heavy atom. The fourth-order valence-electron chi connectivity index (χ4n) is 4.56. The van der Waals surface area contributed by atoms with Crippen molar-refractivity contribution >= 4 is 23.2 Å². The Morgan fingerprint density at radius 2 is 1.83 bits per heavy atom. The van der Waals surface area contributed by atoms with Crippen molar-refractivity contribution < 1.29 is 9.59 Å². The molecule has 3 heterocycles. The Morgan fingerprint density at radius 1 is 1.03 bits per heavy atom. The number of nitrogens with zero attached hydrogens (tertiary/aromatic N) is 2. The van der Waals surface area contributed by atoms with Crippen LogP contribution in [0.2, 0.25) is 0 Å². The van der Waals surface area contributed by atoms with E-state index in [1.807, 2.05) is 27.8 Å². The molecule has 5 nitrogen and oxygen atoms in total.